The second-order valence-electron chi connectivity index (χ2n) is 10.1. The smallest absolute Gasteiger partial charge is 0.422 e. The molecule has 1 saturated heterocycles. The second kappa shape index (κ2) is 7.58. The lowest BCUT2D eigenvalue weighted by atomic mass is 9.71. The van der Waals surface area contributed by atoms with Crippen LogP contribution in [-0.2, 0) is 0 Å². The molecule has 0 radical (unpaired) electrons. The first kappa shape index (κ1) is 21.9. The van der Waals surface area contributed by atoms with E-state index in [4.69, 9.17) is 9.72 Å². The molecule has 4 heterocycles. The molecule has 3 aromatic heterocycles. The lowest BCUT2D eigenvalue weighted by Gasteiger charge is -2.38. The van der Waals surface area contributed by atoms with Crippen LogP contribution in [0.1, 0.15) is 12.1 Å². The average molecular weight is 513 g/mol. The topological polar surface area (TPSA) is 67.6 Å². The summed E-state index contributed by atoms with van der Waals surface area (Å²) >= 11 is 1.58. The van der Waals surface area contributed by atoms with Crippen molar-refractivity contribution < 1.29 is 17.9 Å². The molecule has 0 amide bonds. The molecule has 2 unspecified atom stereocenters. The number of anilines is 2. The number of fused-ring (bicyclic) bond motifs is 1. The molecule has 4 aromatic rings. The molecule has 7 nitrogen and oxygen atoms in total. The van der Waals surface area contributed by atoms with E-state index in [0.717, 1.165) is 29.9 Å². The molecule has 7 rings (SSSR count). The highest BCUT2D eigenvalue weighted by Gasteiger charge is 2.76. The van der Waals surface area contributed by atoms with Gasteiger partial charge in [-0.1, -0.05) is 12.1 Å². The standard InChI is InChI=1S/C25H23F3N6OS/c1-14-9-20(36-32-14)33-11-19-21(18-10-24(18,19)12-33)29-23-30-22-17(3-2-8-34(22)31-23)15-4-6-16(7-5-15)35-13-25(26,27)28/h2-9,18-19,21H,10-13H2,1H3,(H,29,31)/t18-,19?,21+,24?/m0/s1. The zero-order chi connectivity index (χ0) is 24.7. The third-order valence-corrected chi connectivity index (χ3v) is 8.78. The first-order chi connectivity index (χ1) is 17.3. The Morgan fingerprint density at radius 3 is 2.78 bits per heavy atom. The van der Waals surface area contributed by atoms with Crippen LogP contribution in [0.25, 0.3) is 16.8 Å². The number of ether oxygens (including phenoxy) is 1. The maximum Gasteiger partial charge on any atom is 0.422 e. The van der Waals surface area contributed by atoms with Crippen LogP contribution in [0, 0.1) is 24.2 Å². The minimum absolute atomic E-state index is 0.170. The van der Waals surface area contributed by atoms with Gasteiger partial charge in [0.2, 0.25) is 5.95 Å². The van der Waals surface area contributed by atoms with Crippen LogP contribution in [0.4, 0.5) is 24.1 Å². The predicted octanol–water partition coefficient (Wildman–Crippen LogP) is 5.04. The molecule has 36 heavy (non-hydrogen) atoms. The predicted molar refractivity (Wildman–Crippen MR) is 130 cm³/mol. The van der Waals surface area contributed by atoms with Crippen LogP contribution in [0.2, 0.25) is 0 Å². The summed E-state index contributed by atoms with van der Waals surface area (Å²) in [7, 11) is 0. The molecule has 2 saturated carbocycles. The maximum atomic E-state index is 12.4. The maximum absolute atomic E-state index is 12.4. The van der Waals surface area contributed by atoms with E-state index in [1.165, 1.54) is 23.6 Å². The lowest BCUT2D eigenvalue weighted by molar-refractivity contribution is -0.153. The Balaban J connectivity index is 1.08. The number of alkyl halides is 3. The molecule has 1 aromatic carbocycles. The Kier molecular flexibility index (Phi) is 4.61. The van der Waals surface area contributed by atoms with Gasteiger partial charge in [0.25, 0.3) is 0 Å². The highest BCUT2D eigenvalue weighted by atomic mass is 32.1. The first-order valence-electron chi connectivity index (χ1n) is 11.9. The molecular formula is C25H23F3N6OS. The van der Waals surface area contributed by atoms with Gasteiger partial charge < -0.3 is 15.0 Å². The van der Waals surface area contributed by atoms with Crippen molar-refractivity contribution >= 4 is 28.1 Å². The molecule has 186 valence electrons. The minimum Gasteiger partial charge on any atom is -0.484 e. The van der Waals surface area contributed by atoms with Crippen molar-refractivity contribution in [2.24, 2.45) is 17.3 Å². The van der Waals surface area contributed by atoms with Crippen LogP contribution in [0.5, 0.6) is 5.75 Å². The molecule has 0 bridgehead atoms. The molecule has 3 fully saturated rings. The van der Waals surface area contributed by atoms with Crippen LogP contribution in [0.15, 0.2) is 48.7 Å². The number of nitrogens with one attached hydrogen (secondary N) is 1. The Morgan fingerprint density at radius 2 is 2.03 bits per heavy atom. The SMILES string of the molecule is Cc1cc(N2CC3[C@H](Nc4nc5c(-c6ccc(OCC(F)(F)F)cc6)cccn5n4)[C@@H]4CC34C2)sn1. The van der Waals surface area contributed by atoms with Gasteiger partial charge in [-0.05, 0) is 72.1 Å². The van der Waals surface area contributed by atoms with Crippen LogP contribution >= 0.6 is 11.5 Å². The number of halogens is 3. The van der Waals surface area contributed by atoms with Gasteiger partial charge in [-0.2, -0.15) is 22.5 Å². The fourth-order valence-corrected chi connectivity index (χ4v) is 6.91. The summed E-state index contributed by atoms with van der Waals surface area (Å²) in [6.07, 6.45) is -1.28. The van der Waals surface area contributed by atoms with Crippen LogP contribution < -0.4 is 15.0 Å². The van der Waals surface area contributed by atoms with Gasteiger partial charge in [0.1, 0.15) is 10.8 Å². The van der Waals surface area contributed by atoms with Gasteiger partial charge >= 0.3 is 6.18 Å². The fourth-order valence-electron chi connectivity index (χ4n) is 6.14. The average Bonchev–Trinajstić information content (AvgIpc) is 3.19. The highest BCUT2D eigenvalue weighted by molar-refractivity contribution is 7.10. The monoisotopic (exact) mass is 512 g/mol. The van der Waals surface area contributed by atoms with Gasteiger partial charge in [0, 0.05) is 36.8 Å². The van der Waals surface area contributed by atoms with Gasteiger partial charge in [-0.15, -0.1) is 5.10 Å². The number of hydrogen-bond donors (Lipinski definition) is 1. The van der Waals surface area contributed by atoms with Crippen molar-refractivity contribution in [3.8, 4) is 16.9 Å². The van der Waals surface area contributed by atoms with Crippen molar-refractivity contribution in [2.45, 2.75) is 25.6 Å². The van der Waals surface area contributed by atoms with E-state index in [2.05, 4.69) is 25.8 Å². The van der Waals surface area contributed by atoms with Gasteiger partial charge in [-0.25, -0.2) is 4.52 Å². The summed E-state index contributed by atoms with van der Waals surface area (Å²) in [4.78, 5) is 7.27. The van der Waals surface area contributed by atoms with Gasteiger partial charge in [-0.3, -0.25) is 0 Å². The molecule has 4 atom stereocenters. The number of aromatic nitrogens is 4. The normalized spacial score (nSPS) is 26.4. The van der Waals surface area contributed by atoms with E-state index < -0.39 is 12.8 Å². The molecule has 3 aliphatic rings. The van der Waals surface area contributed by atoms with Crippen molar-refractivity contribution in [2.75, 3.05) is 29.9 Å². The van der Waals surface area contributed by atoms with Crippen molar-refractivity contribution in [3.05, 3.63) is 54.4 Å². The number of aryl methyl sites for hydroxylation is 1. The molecule has 1 N–H and O–H groups in total. The quantitative estimate of drug-likeness (QED) is 0.391. The first-order valence-corrected chi connectivity index (χ1v) is 12.7. The molecule has 1 spiro atoms. The zero-order valence-corrected chi connectivity index (χ0v) is 20.2. The Morgan fingerprint density at radius 1 is 1.19 bits per heavy atom. The molecule has 1 aliphatic heterocycles. The van der Waals surface area contributed by atoms with Crippen molar-refractivity contribution in [1.29, 1.82) is 0 Å². The van der Waals surface area contributed by atoms with Crippen molar-refractivity contribution in [3.63, 3.8) is 0 Å². The Hall–Kier alpha value is -3.34. The number of hydrogen-bond acceptors (Lipinski definition) is 7. The fraction of sp³-hybridized carbons (Fsp3) is 0.400. The van der Waals surface area contributed by atoms with Gasteiger partial charge in [0.15, 0.2) is 12.3 Å². The van der Waals surface area contributed by atoms with Crippen molar-refractivity contribution in [1.82, 2.24) is 19.0 Å². The number of benzene rings is 1. The van der Waals surface area contributed by atoms with E-state index >= 15 is 0 Å². The van der Waals surface area contributed by atoms with E-state index in [0.29, 0.717) is 34.9 Å². The zero-order valence-electron chi connectivity index (χ0n) is 19.4. The third-order valence-electron chi connectivity index (χ3n) is 7.84. The summed E-state index contributed by atoms with van der Waals surface area (Å²) < 4.78 is 48.3. The molecule has 2 aliphatic carbocycles. The summed E-state index contributed by atoms with van der Waals surface area (Å²) in [6, 6.07) is 12.9. The van der Waals surface area contributed by atoms with E-state index in [1.54, 1.807) is 28.2 Å². The number of rotatable bonds is 6. The summed E-state index contributed by atoms with van der Waals surface area (Å²) in [6.45, 7) is 2.85. The van der Waals surface area contributed by atoms with E-state index in [-0.39, 0.29) is 5.75 Å². The Bertz CT molecular complexity index is 1450. The second-order valence-corrected chi connectivity index (χ2v) is 10.8. The largest absolute Gasteiger partial charge is 0.484 e. The Labute approximate surface area is 209 Å². The molecule has 11 heteroatoms. The summed E-state index contributed by atoms with van der Waals surface area (Å²) in [5.41, 5.74) is 3.87. The summed E-state index contributed by atoms with van der Waals surface area (Å²) in [5.74, 6) is 1.99. The lowest BCUT2D eigenvalue weighted by Crippen LogP contribution is -2.47. The number of nitrogens with zero attached hydrogens (tertiary/aromatic N) is 5. The van der Waals surface area contributed by atoms with Crippen LogP contribution in [0.3, 0.4) is 0 Å². The molecular weight excluding hydrogens is 489 g/mol. The van der Waals surface area contributed by atoms with Crippen LogP contribution in [-0.4, -0.2) is 50.9 Å². The third kappa shape index (κ3) is 3.51. The minimum atomic E-state index is -4.37. The summed E-state index contributed by atoms with van der Waals surface area (Å²) in [5, 5.41) is 9.53. The highest BCUT2D eigenvalue weighted by Crippen LogP contribution is 2.74. The van der Waals surface area contributed by atoms with E-state index in [1.807, 2.05) is 25.3 Å². The van der Waals surface area contributed by atoms with Gasteiger partial charge in [0.05, 0.1) is 5.69 Å². The van der Waals surface area contributed by atoms with E-state index in [9.17, 15) is 13.2 Å². The number of pyridine rings is 1.